The summed E-state index contributed by atoms with van der Waals surface area (Å²) in [6.45, 7) is 4.30. The molecule has 0 radical (unpaired) electrons. The molecule has 1 heterocycles. The normalized spacial score (nSPS) is 12.6. The maximum absolute atomic E-state index is 6.53. The van der Waals surface area contributed by atoms with Crippen LogP contribution in [0.3, 0.4) is 0 Å². The molecule has 0 bridgehead atoms. The maximum Gasteiger partial charge on any atom is 0.0721 e. The molecule has 2 rings (SSSR count). The van der Waals surface area contributed by atoms with Crippen LogP contribution in [0.25, 0.3) is 0 Å². The van der Waals surface area contributed by atoms with Gasteiger partial charge in [0.15, 0.2) is 0 Å². The third kappa shape index (κ3) is 3.11. The topological polar surface area (TPSA) is 0 Å². The van der Waals surface area contributed by atoms with Crippen molar-refractivity contribution in [3.05, 3.63) is 57.3 Å². The molecular weight excluding hydrogens is 248 g/mol. The predicted molar refractivity (Wildman–Crippen MR) is 77.2 cm³/mol. The monoisotopic (exact) mass is 264 g/mol. The van der Waals surface area contributed by atoms with Crippen LogP contribution in [-0.4, -0.2) is 0 Å². The van der Waals surface area contributed by atoms with Crippen molar-refractivity contribution in [2.45, 2.75) is 32.1 Å². The first-order valence-corrected chi connectivity index (χ1v) is 7.28. The van der Waals surface area contributed by atoms with E-state index in [4.69, 9.17) is 11.6 Å². The van der Waals surface area contributed by atoms with Crippen LogP contribution in [0.4, 0.5) is 0 Å². The number of halogens is 1. The van der Waals surface area contributed by atoms with Gasteiger partial charge >= 0.3 is 0 Å². The Balaban J connectivity index is 2.14. The number of benzene rings is 1. The number of hydrogen-bond donors (Lipinski definition) is 0. The van der Waals surface area contributed by atoms with E-state index in [-0.39, 0.29) is 5.38 Å². The largest absolute Gasteiger partial charge is 0.147 e. The Kier molecular flexibility index (Phi) is 4.25. The van der Waals surface area contributed by atoms with Crippen molar-refractivity contribution in [2.75, 3.05) is 0 Å². The Labute approximate surface area is 112 Å². The lowest BCUT2D eigenvalue weighted by Gasteiger charge is -2.10. The molecule has 0 aliphatic heterocycles. The van der Waals surface area contributed by atoms with E-state index in [0.717, 1.165) is 12.8 Å². The summed E-state index contributed by atoms with van der Waals surface area (Å²) in [5, 5.41) is 2.24. The van der Waals surface area contributed by atoms with E-state index in [1.54, 1.807) is 11.3 Å². The minimum atomic E-state index is 0.103. The molecule has 2 heteroatoms. The zero-order chi connectivity index (χ0) is 12.3. The van der Waals surface area contributed by atoms with E-state index < -0.39 is 0 Å². The summed E-state index contributed by atoms with van der Waals surface area (Å²) in [5.74, 6) is 0. The summed E-state index contributed by atoms with van der Waals surface area (Å²) in [7, 11) is 0. The first-order chi connectivity index (χ1) is 8.20. The van der Waals surface area contributed by atoms with Crippen LogP contribution in [0.1, 0.15) is 33.9 Å². The molecule has 0 saturated heterocycles. The second-order valence-electron chi connectivity index (χ2n) is 4.32. The average Bonchev–Trinajstić information content (AvgIpc) is 2.77. The number of thiophene rings is 1. The summed E-state index contributed by atoms with van der Waals surface area (Å²) in [6, 6.07) is 10.8. The van der Waals surface area contributed by atoms with Gasteiger partial charge in [-0.1, -0.05) is 36.8 Å². The average molecular weight is 265 g/mol. The quantitative estimate of drug-likeness (QED) is 0.671. The first-order valence-electron chi connectivity index (χ1n) is 5.96. The summed E-state index contributed by atoms with van der Waals surface area (Å²) in [5.41, 5.74) is 4.01. The molecular formula is C15H17ClS. The molecule has 90 valence electrons. The fraction of sp³-hybridized carbons (Fsp3) is 0.333. The molecule has 1 unspecified atom stereocenters. The molecule has 0 saturated carbocycles. The third-order valence-electron chi connectivity index (χ3n) is 2.94. The summed E-state index contributed by atoms with van der Waals surface area (Å²) >= 11 is 8.30. The third-order valence-corrected chi connectivity index (χ3v) is 4.52. The highest BCUT2D eigenvalue weighted by Gasteiger charge is 2.14. The fourth-order valence-corrected chi connectivity index (χ4v) is 3.50. The Hall–Kier alpha value is -0.790. The molecule has 0 amide bonds. The van der Waals surface area contributed by atoms with Crippen molar-refractivity contribution in [1.82, 2.24) is 0 Å². The molecule has 0 spiro atoms. The lowest BCUT2D eigenvalue weighted by atomic mass is 10.0. The van der Waals surface area contributed by atoms with Crippen molar-refractivity contribution >= 4 is 22.9 Å². The van der Waals surface area contributed by atoms with E-state index in [1.165, 1.54) is 21.6 Å². The zero-order valence-electron chi connectivity index (χ0n) is 10.2. The van der Waals surface area contributed by atoms with Crippen molar-refractivity contribution in [3.8, 4) is 0 Å². The van der Waals surface area contributed by atoms with Crippen LogP contribution in [0.15, 0.2) is 35.7 Å². The first kappa shape index (κ1) is 12.7. The smallest absolute Gasteiger partial charge is 0.0721 e. The summed E-state index contributed by atoms with van der Waals surface area (Å²) in [4.78, 5) is 1.33. The summed E-state index contributed by atoms with van der Waals surface area (Å²) < 4.78 is 0. The van der Waals surface area contributed by atoms with Gasteiger partial charge in [0.1, 0.15) is 0 Å². The van der Waals surface area contributed by atoms with Crippen LogP contribution in [0, 0.1) is 6.92 Å². The molecule has 2 aromatic rings. The van der Waals surface area contributed by atoms with E-state index >= 15 is 0 Å². The van der Waals surface area contributed by atoms with Crippen LogP contribution in [0.2, 0.25) is 0 Å². The SMILES string of the molecule is CCc1ccsc1C(Cl)Cc1cccc(C)c1. The maximum atomic E-state index is 6.53. The number of rotatable bonds is 4. The number of aryl methyl sites for hydroxylation is 2. The number of alkyl halides is 1. The van der Waals surface area contributed by atoms with Gasteiger partial charge < -0.3 is 0 Å². The van der Waals surface area contributed by atoms with Crippen LogP contribution in [0.5, 0.6) is 0 Å². The molecule has 0 aliphatic carbocycles. The molecule has 0 N–H and O–H groups in total. The minimum absolute atomic E-state index is 0.103. The van der Waals surface area contributed by atoms with Gasteiger partial charge in [0.25, 0.3) is 0 Å². The zero-order valence-corrected chi connectivity index (χ0v) is 11.8. The highest BCUT2D eigenvalue weighted by Crippen LogP contribution is 2.32. The molecule has 17 heavy (non-hydrogen) atoms. The highest BCUT2D eigenvalue weighted by atomic mass is 35.5. The minimum Gasteiger partial charge on any atom is -0.147 e. The van der Waals surface area contributed by atoms with Gasteiger partial charge in [0, 0.05) is 4.88 Å². The Morgan fingerprint density at radius 3 is 2.82 bits per heavy atom. The van der Waals surface area contributed by atoms with Crippen LogP contribution in [-0.2, 0) is 12.8 Å². The van der Waals surface area contributed by atoms with Crippen molar-refractivity contribution < 1.29 is 0 Å². The van der Waals surface area contributed by atoms with Gasteiger partial charge in [-0.15, -0.1) is 22.9 Å². The number of hydrogen-bond acceptors (Lipinski definition) is 1. The van der Waals surface area contributed by atoms with Gasteiger partial charge in [-0.05, 0) is 42.3 Å². The van der Waals surface area contributed by atoms with Gasteiger partial charge in [0.2, 0.25) is 0 Å². The second kappa shape index (κ2) is 5.70. The Bertz CT molecular complexity index is 487. The van der Waals surface area contributed by atoms with Crippen molar-refractivity contribution in [2.24, 2.45) is 0 Å². The van der Waals surface area contributed by atoms with E-state index in [2.05, 4.69) is 49.6 Å². The standard InChI is InChI=1S/C15H17ClS/c1-3-13-7-8-17-15(13)14(16)10-12-6-4-5-11(2)9-12/h4-9,14H,3,10H2,1-2H3. The van der Waals surface area contributed by atoms with Crippen LogP contribution < -0.4 is 0 Å². The lowest BCUT2D eigenvalue weighted by Crippen LogP contribution is -1.96. The van der Waals surface area contributed by atoms with Gasteiger partial charge in [-0.2, -0.15) is 0 Å². The predicted octanol–water partition coefficient (Wildman–Crippen LogP) is 5.14. The molecule has 1 atom stereocenters. The molecule has 1 aromatic carbocycles. The lowest BCUT2D eigenvalue weighted by molar-refractivity contribution is 0.917. The Morgan fingerprint density at radius 1 is 1.29 bits per heavy atom. The van der Waals surface area contributed by atoms with Gasteiger partial charge in [-0.25, -0.2) is 0 Å². The van der Waals surface area contributed by atoms with E-state index in [9.17, 15) is 0 Å². The molecule has 0 fully saturated rings. The molecule has 0 aliphatic rings. The van der Waals surface area contributed by atoms with E-state index in [0.29, 0.717) is 0 Å². The van der Waals surface area contributed by atoms with Gasteiger partial charge in [0.05, 0.1) is 5.38 Å². The van der Waals surface area contributed by atoms with Crippen LogP contribution >= 0.6 is 22.9 Å². The van der Waals surface area contributed by atoms with E-state index in [1.807, 2.05) is 0 Å². The molecule has 0 nitrogen and oxygen atoms in total. The van der Waals surface area contributed by atoms with Crippen molar-refractivity contribution in [1.29, 1.82) is 0 Å². The fourth-order valence-electron chi connectivity index (χ4n) is 2.05. The van der Waals surface area contributed by atoms with Gasteiger partial charge in [-0.3, -0.25) is 0 Å². The summed E-state index contributed by atoms with van der Waals surface area (Å²) in [6.07, 6.45) is 1.98. The second-order valence-corrected chi connectivity index (χ2v) is 5.80. The van der Waals surface area contributed by atoms with Crippen molar-refractivity contribution in [3.63, 3.8) is 0 Å². The Morgan fingerprint density at radius 2 is 2.12 bits per heavy atom. The molecule has 1 aromatic heterocycles. The highest BCUT2D eigenvalue weighted by molar-refractivity contribution is 7.10.